The lowest BCUT2D eigenvalue weighted by Gasteiger charge is -2.30. The van der Waals surface area contributed by atoms with Gasteiger partial charge in [-0.05, 0) is 43.4 Å². The van der Waals surface area contributed by atoms with Crippen LogP contribution in [0.5, 0.6) is 0 Å². The Labute approximate surface area is 147 Å². The van der Waals surface area contributed by atoms with Gasteiger partial charge in [-0.3, -0.25) is 0 Å². The number of rotatable bonds is 6. The SMILES string of the molecule is Cc1nccc(CNC(=O)N(CCCO)[C@H]2CCc3ccccc32)n1. The third-order valence-corrected chi connectivity index (χ3v) is 4.55. The molecule has 1 aliphatic rings. The van der Waals surface area contributed by atoms with Crippen LogP contribution in [0, 0.1) is 6.92 Å². The highest BCUT2D eigenvalue weighted by Crippen LogP contribution is 2.35. The number of aliphatic hydroxyl groups excluding tert-OH is 1. The number of fused-ring (bicyclic) bond motifs is 1. The summed E-state index contributed by atoms with van der Waals surface area (Å²) in [5.74, 6) is 0.689. The monoisotopic (exact) mass is 340 g/mol. The molecule has 1 heterocycles. The topological polar surface area (TPSA) is 78.4 Å². The van der Waals surface area contributed by atoms with E-state index in [2.05, 4.69) is 27.4 Å². The second-order valence-corrected chi connectivity index (χ2v) is 6.28. The predicted octanol–water partition coefficient (Wildman–Crippen LogP) is 2.37. The van der Waals surface area contributed by atoms with Crippen LogP contribution in [0.15, 0.2) is 36.5 Å². The van der Waals surface area contributed by atoms with Crippen molar-refractivity contribution in [3.8, 4) is 0 Å². The van der Waals surface area contributed by atoms with E-state index in [1.807, 2.05) is 24.0 Å². The van der Waals surface area contributed by atoms with E-state index >= 15 is 0 Å². The molecule has 0 saturated heterocycles. The molecule has 6 heteroatoms. The normalized spacial score (nSPS) is 15.7. The number of amides is 2. The second kappa shape index (κ2) is 8.07. The summed E-state index contributed by atoms with van der Waals surface area (Å²) >= 11 is 0. The summed E-state index contributed by atoms with van der Waals surface area (Å²) in [6, 6.07) is 10.0. The number of aryl methyl sites for hydroxylation is 2. The van der Waals surface area contributed by atoms with Crippen molar-refractivity contribution in [3.05, 3.63) is 59.2 Å². The first-order chi connectivity index (χ1) is 12.2. The molecule has 0 spiro atoms. The van der Waals surface area contributed by atoms with Gasteiger partial charge < -0.3 is 15.3 Å². The van der Waals surface area contributed by atoms with Gasteiger partial charge >= 0.3 is 6.03 Å². The fourth-order valence-corrected chi connectivity index (χ4v) is 3.37. The van der Waals surface area contributed by atoms with E-state index in [9.17, 15) is 9.90 Å². The summed E-state index contributed by atoms with van der Waals surface area (Å²) in [6.45, 7) is 2.80. The molecule has 1 aromatic carbocycles. The number of carbonyl (C=O) groups excluding carboxylic acids is 1. The number of urea groups is 1. The Morgan fingerprint density at radius 3 is 3.00 bits per heavy atom. The second-order valence-electron chi connectivity index (χ2n) is 6.28. The number of hydrogen-bond donors (Lipinski definition) is 2. The fraction of sp³-hybridized carbons (Fsp3) is 0.421. The first kappa shape index (κ1) is 17.4. The quantitative estimate of drug-likeness (QED) is 0.846. The zero-order valence-corrected chi connectivity index (χ0v) is 14.5. The zero-order chi connectivity index (χ0) is 17.6. The highest BCUT2D eigenvalue weighted by molar-refractivity contribution is 5.75. The minimum atomic E-state index is -0.119. The first-order valence-electron chi connectivity index (χ1n) is 8.70. The molecular formula is C19H24N4O2. The van der Waals surface area contributed by atoms with Gasteiger partial charge in [0.15, 0.2) is 0 Å². The van der Waals surface area contributed by atoms with Crippen molar-refractivity contribution in [2.24, 2.45) is 0 Å². The van der Waals surface area contributed by atoms with Crippen LogP contribution in [0.4, 0.5) is 4.79 Å². The van der Waals surface area contributed by atoms with Crippen LogP contribution in [-0.2, 0) is 13.0 Å². The maximum atomic E-state index is 12.8. The molecule has 1 atom stereocenters. The van der Waals surface area contributed by atoms with Crippen molar-refractivity contribution in [2.75, 3.05) is 13.2 Å². The van der Waals surface area contributed by atoms with Crippen molar-refractivity contribution >= 4 is 6.03 Å². The van der Waals surface area contributed by atoms with E-state index in [1.165, 1.54) is 11.1 Å². The summed E-state index contributed by atoms with van der Waals surface area (Å²) in [6.07, 6.45) is 4.17. The predicted molar refractivity (Wildman–Crippen MR) is 94.9 cm³/mol. The van der Waals surface area contributed by atoms with Crippen LogP contribution in [0.2, 0.25) is 0 Å². The molecule has 0 saturated carbocycles. The highest BCUT2D eigenvalue weighted by atomic mass is 16.3. The summed E-state index contributed by atoms with van der Waals surface area (Å²) in [5.41, 5.74) is 3.31. The van der Waals surface area contributed by atoms with E-state index in [0.29, 0.717) is 25.3 Å². The smallest absolute Gasteiger partial charge is 0.318 e. The minimum absolute atomic E-state index is 0.0647. The Hall–Kier alpha value is -2.47. The van der Waals surface area contributed by atoms with Crippen molar-refractivity contribution < 1.29 is 9.90 Å². The van der Waals surface area contributed by atoms with Gasteiger partial charge in [-0.2, -0.15) is 0 Å². The summed E-state index contributed by atoms with van der Waals surface area (Å²) in [7, 11) is 0. The number of nitrogens with zero attached hydrogens (tertiary/aromatic N) is 3. The lowest BCUT2D eigenvalue weighted by atomic mass is 10.1. The van der Waals surface area contributed by atoms with Gasteiger partial charge in [0.05, 0.1) is 18.3 Å². The van der Waals surface area contributed by atoms with E-state index in [1.54, 1.807) is 12.3 Å². The molecule has 132 valence electrons. The van der Waals surface area contributed by atoms with Crippen LogP contribution in [-0.4, -0.2) is 39.2 Å². The third-order valence-electron chi connectivity index (χ3n) is 4.55. The molecule has 1 aromatic heterocycles. The lowest BCUT2D eigenvalue weighted by Crippen LogP contribution is -2.42. The van der Waals surface area contributed by atoms with E-state index in [-0.39, 0.29) is 18.7 Å². The lowest BCUT2D eigenvalue weighted by molar-refractivity contribution is 0.164. The van der Waals surface area contributed by atoms with Crippen molar-refractivity contribution in [1.29, 1.82) is 0 Å². The van der Waals surface area contributed by atoms with Gasteiger partial charge in [-0.25, -0.2) is 14.8 Å². The van der Waals surface area contributed by atoms with Crippen LogP contribution >= 0.6 is 0 Å². The minimum Gasteiger partial charge on any atom is -0.396 e. The number of carbonyl (C=O) groups is 1. The van der Waals surface area contributed by atoms with Gasteiger partial charge in [-0.15, -0.1) is 0 Å². The third kappa shape index (κ3) is 4.14. The van der Waals surface area contributed by atoms with E-state index < -0.39 is 0 Å². The van der Waals surface area contributed by atoms with Crippen LogP contribution in [0.3, 0.4) is 0 Å². The molecule has 3 rings (SSSR count). The standard InChI is InChI=1S/C19H24N4O2/c1-14-20-10-9-16(22-14)13-21-19(25)23(11-4-12-24)18-8-7-15-5-2-3-6-17(15)18/h2-3,5-6,9-10,18,24H,4,7-8,11-13H2,1H3,(H,21,25)/t18-/m0/s1. The molecule has 0 aliphatic heterocycles. The zero-order valence-electron chi connectivity index (χ0n) is 14.5. The fourth-order valence-electron chi connectivity index (χ4n) is 3.37. The molecule has 6 nitrogen and oxygen atoms in total. The number of benzene rings is 1. The molecule has 0 radical (unpaired) electrons. The molecule has 0 bridgehead atoms. The van der Waals surface area contributed by atoms with Crippen LogP contribution < -0.4 is 5.32 Å². The molecule has 2 aromatic rings. The Balaban J connectivity index is 1.71. The number of nitrogens with one attached hydrogen (secondary N) is 1. The maximum Gasteiger partial charge on any atom is 0.318 e. The van der Waals surface area contributed by atoms with Gasteiger partial charge in [-0.1, -0.05) is 24.3 Å². The van der Waals surface area contributed by atoms with Crippen LogP contribution in [0.25, 0.3) is 0 Å². The molecular weight excluding hydrogens is 316 g/mol. The number of aromatic nitrogens is 2. The largest absolute Gasteiger partial charge is 0.396 e. The Bertz CT molecular complexity index is 735. The van der Waals surface area contributed by atoms with E-state index in [4.69, 9.17) is 0 Å². The van der Waals surface area contributed by atoms with Gasteiger partial charge in [0, 0.05) is 19.3 Å². The Morgan fingerprint density at radius 2 is 2.20 bits per heavy atom. The summed E-state index contributed by atoms with van der Waals surface area (Å²) in [5, 5.41) is 12.2. The number of hydrogen-bond acceptors (Lipinski definition) is 4. The molecule has 1 aliphatic carbocycles. The van der Waals surface area contributed by atoms with Gasteiger partial charge in [0.2, 0.25) is 0 Å². The average Bonchev–Trinajstić information content (AvgIpc) is 3.04. The van der Waals surface area contributed by atoms with Crippen molar-refractivity contribution in [1.82, 2.24) is 20.2 Å². The average molecular weight is 340 g/mol. The van der Waals surface area contributed by atoms with Crippen LogP contribution in [0.1, 0.15) is 41.5 Å². The summed E-state index contributed by atoms with van der Waals surface area (Å²) < 4.78 is 0. The van der Waals surface area contributed by atoms with E-state index in [0.717, 1.165) is 18.5 Å². The molecule has 0 fully saturated rings. The molecule has 0 unspecified atom stereocenters. The van der Waals surface area contributed by atoms with Gasteiger partial charge in [0.25, 0.3) is 0 Å². The number of aliphatic hydroxyl groups is 1. The Kier molecular flexibility index (Phi) is 5.60. The van der Waals surface area contributed by atoms with Crippen molar-refractivity contribution in [3.63, 3.8) is 0 Å². The highest BCUT2D eigenvalue weighted by Gasteiger charge is 2.30. The van der Waals surface area contributed by atoms with Crippen molar-refractivity contribution in [2.45, 2.75) is 38.8 Å². The summed E-state index contributed by atoms with van der Waals surface area (Å²) in [4.78, 5) is 23.0. The Morgan fingerprint density at radius 1 is 1.36 bits per heavy atom. The maximum absolute atomic E-state index is 12.8. The molecule has 2 N–H and O–H groups in total. The molecule has 2 amide bonds. The van der Waals surface area contributed by atoms with Gasteiger partial charge in [0.1, 0.15) is 5.82 Å². The molecule has 25 heavy (non-hydrogen) atoms. The first-order valence-corrected chi connectivity index (χ1v) is 8.70.